The number of aromatic nitrogens is 5. The van der Waals surface area contributed by atoms with E-state index in [0.29, 0.717) is 42.3 Å². The van der Waals surface area contributed by atoms with Gasteiger partial charge < -0.3 is 9.47 Å². The number of hydrogen-bond acceptors (Lipinski definition) is 8. The zero-order chi connectivity index (χ0) is 29.3. The maximum Gasteiger partial charge on any atom is 0.330 e. The molecule has 0 amide bonds. The molecule has 0 radical (unpaired) electrons. The first kappa shape index (κ1) is 28.3. The van der Waals surface area contributed by atoms with Gasteiger partial charge in [0.2, 0.25) is 5.03 Å². The van der Waals surface area contributed by atoms with Gasteiger partial charge in [-0.15, -0.1) is 5.10 Å². The van der Waals surface area contributed by atoms with Crippen molar-refractivity contribution in [2.24, 2.45) is 4.99 Å². The molecule has 216 valence electrons. The standard InChI is InChI=1S/C28H33N7O5S/c1-6-40-24-13-20-7-9-34-22(21(20)14-23(24)39-5)15-25(31-27-18(3)11-17(2)12-19(27)4)35(28(34)36)10-8-30-41(37,38)26-16-29-33-32-26/h11-16,30H,6-10H2,1-5H3,(H,29,32,33)/b31-25+. The summed E-state index contributed by atoms with van der Waals surface area (Å²) >= 11 is 0. The lowest BCUT2D eigenvalue weighted by Crippen LogP contribution is -2.44. The number of benzene rings is 2. The molecule has 3 heterocycles. The molecule has 0 atom stereocenters. The third-order valence-electron chi connectivity index (χ3n) is 7.02. The van der Waals surface area contributed by atoms with Gasteiger partial charge in [-0.3, -0.25) is 14.2 Å². The number of nitrogens with one attached hydrogen (secondary N) is 2. The van der Waals surface area contributed by atoms with Crippen LogP contribution in [0.2, 0.25) is 0 Å². The van der Waals surface area contributed by atoms with Crippen LogP contribution in [0.3, 0.4) is 0 Å². The first-order chi connectivity index (χ1) is 19.6. The number of hydrogen-bond donors (Lipinski definition) is 2. The minimum atomic E-state index is -3.90. The second-order valence-corrected chi connectivity index (χ2v) is 11.6. The van der Waals surface area contributed by atoms with Crippen LogP contribution in [-0.4, -0.2) is 53.2 Å². The summed E-state index contributed by atoms with van der Waals surface area (Å²) in [5, 5.41) is 9.21. The van der Waals surface area contributed by atoms with E-state index in [1.165, 1.54) is 10.8 Å². The van der Waals surface area contributed by atoms with E-state index >= 15 is 0 Å². The summed E-state index contributed by atoms with van der Waals surface area (Å²) in [6.07, 6.45) is 1.81. The average molecular weight is 580 g/mol. The molecule has 4 aromatic rings. The van der Waals surface area contributed by atoms with Crippen LogP contribution in [0, 0.1) is 20.8 Å². The van der Waals surface area contributed by atoms with Crippen molar-refractivity contribution in [3.8, 4) is 22.8 Å². The van der Waals surface area contributed by atoms with Gasteiger partial charge in [0.15, 0.2) is 11.5 Å². The topological polar surface area (TPSA) is 145 Å². The molecular formula is C28H33N7O5S. The molecule has 2 aromatic carbocycles. The summed E-state index contributed by atoms with van der Waals surface area (Å²) in [4.78, 5) is 18.9. The molecule has 0 aliphatic carbocycles. The number of methoxy groups -OCH3 is 1. The van der Waals surface area contributed by atoms with Crippen molar-refractivity contribution >= 4 is 15.7 Å². The number of rotatable bonds is 9. The Morgan fingerprint density at radius 1 is 1.10 bits per heavy atom. The van der Waals surface area contributed by atoms with E-state index in [4.69, 9.17) is 14.5 Å². The van der Waals surface area contributed by atoms with Crippen molar-refractivity contribution in [2.45, 2.75) is 52.2 Å². The van der Waals surface area contributed by atoms with Gasteiger partial charge in [-0.1, -0.05) is 22.9 Å². The molecule has 0 fully saturated rings. The predicted octanol–water partition coefficient (Wildman–Crippen LogP) is 2.53. The lowest BCUT2D eigenvalue weighted by Gasteiger charge is -2.25. The largest absolute Gasteiger partial charge is 0.493 e. The van der Waals surface area contributed by atoms with Crippen LogP contribution in [0.1, 0.15) is 29.2 Å². The summed E-state index contributed by atoms with van der Waals surface area (Å²) in [7, 11) is -2.31. The molecule has 13 heteroatoms. The van der Waals surface area contributed by atoms with Crippen LogP contribution < -0.4 is 25.4 Å². The van der Waals surface area contributed by atoms with Gasteiger partial charge in [0.1, 0.15) is 5.49 Å². The van der Waals surface area contributed by atoms with Crippen LogP contribution in [0.15, 0.2) is 51.3 Å². The van der Waals surface area contributed by atoms with E-state index in [2.05, 4.69) is 20.1 Å². The Balaban J connectivity index is 1.66. The lowest BCUT2D eigenvalue weighted by molar-refractivity contribution is 0.310. The molecule has 5 rings (SSSR count). The Labute approximate surface area is 237 Å². The maximum atomic E-state index is 14.0. The molecule has 12 nitrogen and oxygen atoms in total. The van der Waals surface area contributed by atoms with Gasteiger partial charge in [-0.25, -0.2) is 22.9 Å². The molecule has 0 spiro atoms. The zero-order valence-corrected chi connectivity index (χ0v) is 24.5. The van der Waals surface area contributed by atoms with Crippen molar-refractivity contribution in [3.63, 3.8) is 0 Å². The van der Waals surface area contributed by atoms with E-state index in [1.807, 2.05) is 58.0 Å². The van der Waals surface area contributed by atoms with Gasteiger partial charge in [0, 0.05) is 31.3 Å². The molecule has 2 aromatic heterocycles. The molecule has 0 bridgehead atoms. The fraction of sp³-hybridized carbons (Fsp3) is 0.357. The number of H-pyrrole nitrogens is 1. The monoisotopic (exact) mass is 579 g/mol. The van der Waals surface area contributed by atoms with Crippen LogP contribution in [0.4, 0.5) is 5.69 Å². The molecule has 0 saturated heterocycles. The van der Waals surface area contributed by atoms with Crippen molar-refractivity contribution in [2.75, 3.05) is 20.3 Å². The normalized spacial score (nSPS) is 13.1. The zero-order valence-electron chi connectivity index (χ0n) is 23.7. The molecule has 2 N–H and O–H groups in total. The molecule has 0 unspecified atom stereocenters. The fourth-order valence-corrected chi connectivity index (χ4v) is 6.09. The van der Waals surface area contributed by atoms with E-state index in [9.17, 15) is 13.2 Å². The average Bonchev–Trinajstić information content (AvgIpc) is 3.48. The molecule has 1 aliphatic rings. The summed E-state index contributed by atoms with van der Waals surface area (Å²) < 4.78 is 42.3. The third kappa shape index (κ3) is 5.55. The van der Waals surface area contributed by atoms with Gasteiger partial charge in [0.05, 0.1) is 31.3 Å². The minimum Gasteiger partial charge on any atom is -0.493 e. The van der Waals surface area contributed by atoms with E-state index in [0.717, 1.165) is 33.5 Å². The number of aromatic amines is 1. The molecular weight excluding hydrogens is 546 g/mol. The first-order valence-corrected chi connectivity index (χ1v) is 14.8. The molecule has 41 heavy (non-hydrogen) atoms. The highest BCUT2D eigenvalue weighted by molar-refractivity contribution is 7.89. The second kappa shape index (κ2) is 11.3. The highest BCUT2D eigenvalue weighted by Crippen LogP contribution is 2.37. The van der Waals surface area contributed by atoms with Crippen LogP contribution >= 0.6 is 0 Å². The molecule has 0 saturated carbocycles. The Morgan fingerprint density at radius 2 is 1.85 bits per heavy atom. The van der Waals surface area contributed by atoms with E-state index in [1.54, 1.807) is 11.7 Å². The maximum absolute atomic E-state index is 14.0. The summed E-state index contributed by atoms with van der Waals surface area (Å²) in [6, 6.07) is 9.83. The smallest absolute Gasteiger partial charge is 0.330 e. The first-order valence-electron chi connectivity index (χ1n) is 13.3. The van der Waals surface area contributed by atoms with Crippen molar-refractivity contribution < 1.29 is 17.9 Å². The number of aryl methyl sites for hydroxylation is 4. The van der Waals surface area contributed by atoms with Gasteiger partial charge >= 0.3 is 5.69 Å². The van der Waals surface area contributed by atoms with Gasteiger partial charge in [0.25, 0.3) is 10.0 Å². The van der Waals surface area contributed by atoms with Crippen molar-refractivity contribution in [3.05, 3.63) is 74.8 Å². The minimum absolute atomic E-state index is 0.0506. The van der Waals surface area contributed by atoms with Gasteiger partial charge in [-0.2, -0.15) is 0 Å². The highest BCUT2D eigenvalue weighted by atomic mass is 32.2. The van der Waals surface area contributed by atoms with Crippen LogP contribution in [0.5, 0.6) is 11.5 Å². The highest BCUT2D eigenvalue weighted by Gasteiger charge is 2.23. The van der Waals surface area contributed by atoms with Crippen LogP contribution in [-0.2, 0) is 29.5 Å². The number of ether oxygens (including phenoxy) is 2. The fourth-order valence-electron chi connectivity index (χ4n) is 5.23. The van der Waals surface area contributed by atoms with Crippen molar-refractivity contribution in [1.29, 1.82) is 0 Å². The lowest BCUT2D eigenvalue weighted by atomic mass is 9.97. The summed E-state index contributed by atoms with van der Waals surface area (Å²) in [5.74, 6) is 1.24. The molecule has 1 aliphatic heterocycles. The second-order valence-electron chi connectivity index (χ2n) is 9.89. The Hall–Kier alpha value is -4.23. The Bertz CT molecular complexity index is 1820. The number of sulfonamides is 1. The summed E-state index contributed by atoms with van der Waals surface area (Å²) in [5.41, 5.74) is 6.56. The number of fused-ring (bicyclic) bond motifs is 3. The summed E-state index contributed by atoms with van der Waals surface area (Å²) in [6.45, 7) is 8.86. The quantitative estimate of drug-likeness (QED) is 0.310. The Kier molecular flexibility index (Phi) is 7.82. The Morgan fingerprint density at radius 3 is 2.51 bits per heavy atom. The third-order valence-corrected chi connectivity index (χ3v) is 8.36. The van der Waals surface area contributed by atoms with Crippen LogP contribution in [0.25, 0.3) is 11.3 Å². The van der Waals surface area contributed by atoms with E-state index < -0.39 is 10.0 Å². The van der Waals surface area contributed by atoms with Gasteiger partial charge in [-0.05, 0) is 62.9 Å². The van der Waals surface area contributed by atoms with Crippen molar-refractivity contribution in [1.82, 2.24) is 29.3 Å². The SMILES string of the molecule is CCOc1cc2c(cc1OC)-c1c/c(=N\c3c(C)cc(C)cc3C)n(CCNS(=O)(=O)c3c[nH]nn3)c(=O)n1CC2. The van der Waals surface area contributed by atoms with E-state index in [-0.39, 0.29) is 23.8 Å². The predicted molar refractivity (Wildman–Crippen MR) is 153 cm³/mol. The number of nitrogens with zero attached hydrogens (tertiary/aromatic N) is 5.